The van der Waals surface area contributed by atoms with Crippen LogP contribution in [0.15, 0.2) is 24.3 Å². The second kappa shape index (κ2) is 6.54. The molecule has 0 unspecified atom stereocenters. The summed E-state index contributed by atoms with van der Waals surface area (Å²) in [5.74, 6) is -0.528. The zero-order valence-corrected chi connectivity index (χ0v) is 11.7. The van der Waals surface area contributed by atoms with Crippen LogP contribution in [0.3, 0.4) is 0 Å². The average Bonchev–Trinajstić information content (AvgIpc) is 2.92. The summed E-state index contributed by atoms with van der Waals surface area (Å²) < 4.78 is 44.2. The van der Waals surface area contributed by atoms with Crippen molar-refractivity contribution in [3.05, 3.63) is 41.2 Å². The van der Waals surface area contributed by atoms with E-state index in [9.17, 15) is 18.0 Å². The van der Waals surface area contributed by atoms with Gasteiger partial charge in [-0.25, -0.2) is 9.48 Å². The number of esters is 1. The van der Waals surface area contributed by atoms with Crippen LogP contribution in [-0.4, -0.2) is 26.2 Å². The van der Waals surface area contributed by atoms with Crippen molar-refractivity contribution in [1.82, 2.24) is 20.2 Å². The van der Waals surface area contributed by atoms with Crippen LogP contribution in [0.5, 0.6) is 0 Å². The fraction of sp³-hybridized carbons (Fsp3) is 0.385. The molecule has 0 N–H and O–H groups in total. The molecule has 0 aliphatic rings. The first kappa shape index (κ1) is 15.9. The molecule has 1 heterocycles. The van der Waals surface area contributed by atoms with Crippen LogP contribution in [0.1, 0.15) is 35.1 Å². The van der Waals surface area contributed by atoms with E-state index in [0.29, 0.717) is 12.4 Å². The maximum atomic E-state index is 12.6. The summed E-state index contributed by atoms with van der Waals surface area (Å²) in [6.45, 7) is 2.28. The first-order chi connectivity index (χ1) is 10.4. The van der Waals surface area contributed by atoms with Crippen molar-refractivity contribution in [1.29, 1.82) is 0 Å². The largest absolute Gasteiger partial charge is 0.454 e. The maximum absolute atomic E-state index is 12.6. The Balaban J connectivity index is 2.05. The van der Waals surface area contributed by atoms with Crippen LogP contribution in [0, 0.1) is 0 Å². The summed E-state index contributed by atoms with van der Waals surface area (Å²) >= 11 is 0. The highest BCUT2D eigenvalue weighted by molar-refractivity contribution is 5.89. The highest BCUT2D eigenvalue weighted by Gasteiger charge is 2.31. The Morgan fingerprint density at radius 1 is 1.36 bits per heavy atom. The van der Waals surface area contributed by atoms with Crippen molar-refractivity contribution in [3.63, 3.8) is 0 Å². The van der Waals surface area contributed by atoms with Gasteiger partial charge in [-0.15, -0.1) is 5.10 Å². The Kier molecular flexibility index (Phi) is 4.74. The van der Waals surface area contributed by atoms with E-state index in [-0.39, 0.29) is 12.2 Å². The second-order valence-corrected chi connectivity index (χ2v) is 4.47. The number of tetrazole rings is 1. The number of aryl methyl sites for hydroxylation is 1. The average molecular weight is 314 g/mol. The van der Waals surface area contributed by atoms with E-state index in [1.54, 1.807) is 0 Å². The highest BCUT2D eigenvalue weighted by atomic mass is 19.4. The number of hydrogen-bond acceptors (Lipinski definition) is 5. The van der Waals surface area contributed by atoms with E-state index in [1.165, 1.54) is 10.7 Å². The van der Waals surface area contributed by atoms with Gasteiger partial charge in [-0.3, -0.25) is 0 Å². The molecule has 0 spiro atoms. The number of halogens is 3. The van der Waals surface area contributed by atoms with Crippen LogP contribution >= 0.6 is 0 Å². The molecule has 9 heteroatoms. The summed E-state index contributed by atoms with van der Waals surface area (Å²) in [6, 6.07) is 4.04. The number of carbonyl (C=O) groups excluding carboxylic acids is 1. The third-order valence-electron chi connectivity index (χ3n) is 2.80. The lowest BCUT2D eigenvalue weighted by molar-refractivity contribution is -0.137. The molecule has 6 nitrogen and oxygen atoms in total. The van der Waals surface area contributed by atoms with Gasteiger partial charge < -0.3 is 4.74 Å². The van der Waals surface area contributed by atoms with Gasteiger partial charge >= 0.3 is 12.1 Å². The van der Waals surface area contributed by atoms with Gasteiger partial charge in [0, 0.05) is 6.54 Å². The van der Waals surface area contributed by atoms with E-state index in [1.807, 2.05) is 6.92 Å². The molecular formula is C13H13F3N4O2. The van der Waals surface area contributed by atoms with Crippen LogP contribution < -0.4 is 0 Å². The summed E-state index contributed by atoms with van der Waals surface area (Å²) in [5.41, 5.74) is -1.08. The number of hydrogen-bond donors (Lipinski definition) is 0. The van der Waals surface area contributed by atoms with Gasteiger partial charge in [-0.2, -0.15) is 13.2 Å². The zero-order valence-electron chi connectivity index (χ0n) is 11.7. The number of carbonyl (C=O) groups is 1. The van der Waals surface area contributed by atoms with E-state index >= 15 is 0 Å². The summed E-state index contributed by atoms with van der Waals surface area (Å²) in [7, 11) is 0. The fourth-order valence-electron chi connectivity index (χ4n) is 1.75. The molecule has 2 rings (SSSR count). The molecular weight excluding hydrogens is 301 g/mol. The smallest absolute Gasteiger partial charge is 0.416 e. The number of alkyl halides is 3. The number of aromatic nitrogens is 4. The Bertz CT molecular complexity index is 655. The standard InChI is InChI=1S/C13H13F3N4O2/c1-2-6-20-11(17-18-19-20)8-22-12(21)9-4-3-5-10(7-9)13(14,15)16/h3-5,7H,2,6,8H2,1H3. The Hall–Kier alpha value is -2.45. The van der Waals surface area contributed by atoms with Gasteiger partial charge in [-0.05, 0) is 35.0 Å². The zero-order chi connectivity index (χ0) is 16.2. The van der Waals surface area contributed by atoms with Crippen LogP contribution in [0.25, 0.3) is 0 Å². The number of nitrogens with zero attached hydrogens (tertiary/aromatic N) is 4. The molecule has 2 aromatic rings. The van der Waals surface area contributed by atoms with Gasteiger partial charge in [-0.1, -0.05) is 13.0 Å². The molecule has 0 saturated carbocycles. The van der Waals surface area contributed by atoms with E-state index in [2.05, 4.69) is 15.5 Å². The molecule has 0 amide bonds. The molecule has 0 aliphatic heterocycles. The number of benzene rings is 1. The molecule has 0 radical (unpaired) electrons. The van der Waals surface area contributed by atoms with E-state index in [0.717, 1.165) is 24.6 Å². The molecule has 0 aliphatic carbocycles. The van der Waals surface area contributed by atoms with Gasteiger partial charge in [0.15, 0.2) is 12.4 Å². The monoisotopic (exact) mass is 314 g/mol. The molecule has 0 bridgehead atoms. The lowest BCUT2D eigenvalue weighted by Crippen LogP contribution is -2.12. The molecule has 1 aromatic carbocycles. The summed E-state index contributed by atoms with van der Waals surface area (Å²) in [6.07, 6.45) is -3.72. The van der Waals surface area contributed by atoms with Crippen LogP contribution in [-0.2, 0) is 24.1 Å². The first-order valence-electron chi connectivity index (χ1n) is 6.51. The minimum Gasteiger partial charge on any atom is -0.454 e. The molecule has 0 atom stereocenters. The van der Waals surface area contributed by atoms with Crippen LogP contribution in [0.2, 0.25) is 0 Å². The predicted molar refractivity (Wildman–Crippen MR) is 68.7 cm³/mol. The molecule has 22 heavy (non-hydrogen) atoms. The minimum atomic E-state index is -4.51. The van der Waals surface area contributed by atoms with Crippen molar-refractivity contribution in [2.45, 2.75) is 32.7 Å². The van der Waals surface area contributed by atoms with Crippen molar-refractivity contribution in [3.8, 4) is 0 Å². The normalized spacial score (nSPS) is 11.5. The van der Waals surface area contributed by atoms with E-state index in [4.69, 9.17) is 4.74 Å². The van der Waals surface area contributed by atoms with Crippen molar-refractivity contribution >= 4 is 5.97 Å². The third kappa shape index (κ3) is 3.80. The molecule has 118 valence electrons. The van der Waals surface area contributed by atoms with Crippen molar-refractivity contribution < 1.29 is 22.7 Å². The molecule has 0 fully saturated rings. The first-order valence-corrected chi connectivity index (χ1v) is 6.51. The molecule has 0 saturated heterocycles. The van der Waals surface area contributed by atoms with Gasteiger partial charge in [0.2, 0.25) is 0 Å². The Morgan fingerprint density at radius 2 is 2.14 bits per heavy atom. The SMILES string of the molecule is CCCn1nnnc1COC(=O)c1cccc(C(F)(F)F)c1. The minimum absolute atomic E-state index is 0.177. The van der Waals surface area contributed by atoms with Gasteiger partial charge in [0.25, 0.3) is 0 Å². The van der Waals surface area contributed by atoms with E-state index < -0.39 is 17.7 Å². The van der Waals surface area contributed by atoms with Gasteiger partial charge in [0.05, 0.1) is 11.1 Å². The maximum Gasteiger partial charge on any atom is 0.416 e. The fourth-order valence-corrected chi connectivity index (χ4v) is 1.75. The van der Waals surface area contributed by atoms with Crippen molar-refractivity contribution in [2.24, 2.45) is 0 Å². The number of rotatable bonds is 5. The van der Waals surface area contributed by atoms with Gasteiger partial charge in [0.1, 0.15) is 0 Å². The summed E-state index contributed by atoms with van der Waals surface area (Å²) in [4.78, 5) is 11.8. The summed E-state index contributed by atoms with van der Waals surface area (Å²) in [5, 5.41) is 10.9. The number of ether oxygens (including phenoxy) is 1. The van der Waals surface area contributed by atoms with Crippen LogP contribution in [0.4, 0.5) is 13.2 Å². The predicted octanol–water partition coefficient (Wildman–Crippen LogP) is 2.46. The topological polar surface area (TPSA) is 69.9 Å². The Labute approximate surface area is 123 Å². The third-order valence-corrected chi connectivity index (χ3v) is 2.80. The second-order valence-electron chi connectivity index (χ2n) is 4.47. The quantitative estimate of drug-likeness (QED) is 0.793. The lowest BCUT2D eigenvalue weighted by atomic mass is 10.1. The molecule has 1 aromatic heterocycles. The Morgan fingerprint density at radius 3 is 2.82 bits per heavy atom. The van der Waals surface area contributed by atoms with Crippen molar-refractivity contribution in [2.75, 3.05) is 0 Å². The lowest BCUT2D eigenvalue weighted by Gasteiger charge is -2.09. The highest BCUT2D eigenvalue weighted by Crippen LogP contribution is 2.29.